The summed E-state index contributed by atoms with van der Waals surface area (Å²) in [6, 6.07) is 3.03. The maximum absolute atomic E-state index is 12.0. The highest BCUT2D eigenvalue weighted by atomic mass is 32.2. The van der Waals surface area contributed by atoms with Crippen LogP contribution in [-0.2, 0) is 17.1 Å². The van der Waals surface area contributed by atoms with Gasteiger partial charge in [0.15, 0.2) is 0 Å². The number of hydrogen-bond donors (Lipinski definition) is 2. The number of aryl methyl sites for hydroxylation is 1. The summed E-state index contributed by atoms with van der Waals surface area (Å²) in [7, 11) is -2.21. The molecule has 0 atom stereocenters. The highest BCUT2D eigenvalue weighted by molar-refractivity contribution is 7.92. The van der Waals surface area contributed by atoms with E-state index in [1.165, 1.54) is 19.3 Å². The van der Waals surface area contributed by atoms with Crippen LogP contribution in [0.4, 0.5) is 11.8 Å². The van der Waals surface area contributed by atoms with Gasteiger partial charge in [-0.25, -0.2) is 18.1 Å². The van der Waals surface area contributed by atoms with Gasteiger partial charge in [0.05, 0.1) is 7.05 Å². The number of nitrogens with zero attached hydrogens (tertiary/aromatic N) is 5. The Morgan fingerprint density at radius 2 is 2.16 bits per heavy atom. The molecule has 2 heterocycles. The minimum Gasteiger partial charge on any atom is -0.370 e. The maximum Gasteiger partial charge on any atom is 0.277 e. The fourth-order valence-corrected chi connectivity index (χ4v) is 2.21. The molecule has 0 fully saturated rings. The first-order valence-electron chi connectivity index (χ1n) is 5.48. The average molecular weight is 283 g/mol. The lowest BCUT2D eigenvalue weighted by molar-refractivity contribution is 0.600. The third kappa shape index (κ3) is 3.16. The van der Waals surface area contributed by atoms with Crippen molar-refractivity contribution >= 4 is 21.8 Å². The summed E-state index contributed by atoms with van der Waals surface area (Å²) in [6.45, 7) is 2.63. The zero-order valence-corrected chi connectivity index (χ0v) is 11.2. The van der Waals surface area contributed by atoms with Gasteiger partial charge < -0.3 is 5.32 Å². The molecule has 0 bridgehead atoms. The Labute approximate surface area is 110 Å². The van der Waals surface area contributed by atoms with E-state index in [9.17, 15) is 8.42 Å². The predicted molar refractivity (Wildman–Crippen MR) is 68.0 cm³/mol. The molecule has 0 spiro atoms. The quantitative estimate of drug-likeness (QED) is 0.783. The van der Waals surface area contributed by atoms with E-state index in [0.29, 0.717) is 12.4 Å². The van der Waals surface area contributed by atoms with Crippen LogP contribution >= 0.6 is 0 Å². The normalized spacial score (nSPS) is 11.3. The zero-order chi connectivity index (χ0) is 13.9. The molecule has 0 amide bonds. The minimum atomic E-state index is -3.75. The second-order valence-electron chi connectivity index (χ2n) is 3.62. The number of rotatable bonds is 5. The van der Waals surface area contributed by atoms with Crippen molar-refractivity contribution in [3.05, 3.63) is 18.3 Å². The summed E-state index contributed by atoms with van der Waals surface area (Å²) in [4.78, 5) is 5.18. The molecule has 0 unspecified atom stereocenters. The summed E-state index contributed by atoms with van der Waals surface area (Å²) in [6.07, 6.45) is 1.26. The largest absolute Gasteiger partial charge is 0.370 e. The van der Waals surface area contributed by atoms with E-state index < -0.39 is 10.0 Å². The Bertz CT molecular complexity index is 649. The fraction of sp³-hybridized carbons (Fsp3) is 0.333. The van der Waals surface area contributed by atoms with Crippen molar-refractivity contribution < 1.29 is 8.42 Å². The topological polar surface area (TPSA) is 115 Å². The molecule has 2 aromatic heterocycles. The van der Waals surface area contributed by atoms with Gasteiger partial charge in [0.2, 0.25) is 0 Å². The lowest BCUT2D eigenvalue weighted by Crippen LogP contribution is -2.14. The molecule has 2 aromatic rings. The molecule has 0 saturated heterocycles. The van der Waals surface area contributed by atoms with Crippen LogP contribution < -0.4 is 10.0 Å². The van der Waals surface area contributed by atoms with E-state index in [2.05, 4.69) is 30.4 Å². The van der Waals surface area contributed by atoms with E-state index in [1.54, 1.807) is 6.07 Å². The first kappa shape index (κ1) is 13.2. The lowest BCUT2D eigenvalue weighted by Gasteiger charge is -2.05. The molecule has 0 aromatic carbocycles. The molecular weight excluding hydrogens is 270 g/mol. The van der Waals surface area contributed by atoms with Crippen LogP contribution in [0.1, 0.15) is 6.92 Å². The van der Waals surface area contributed by atoms with Gasteiger partial charge in [-0.2, -0.15) is 4.80 Å². The van der Waals surface area contributed by atoms with Gasteiger partial charge in [0.25, 0.3) is 16.0 Å². The van der Waals surface area contributed by atoms with Crippen LogP contribution in [0.2, 0.25) is 0 Å². The average Bonchev–Trinajstić information content (AvgIpc) is 2.75. The molecule has 0 aliphatic carbocycles. The molecule has 0 aliphatic rings. The monoisotopic (exact) mass is 283 g/mol. The number of hydrogen-bond acceptors (Lipinski definition) is 7. The smallest absolute Gasteiger partial charge is 0.277 e. The van der Waals surface area contributed by atoms with Crippen LogP contribution in [0.5, 0.6) is 0 Å². The summed E-state index contributed by atoms with van der Waals surface area (Å²) >= 11 is 0. The molecule has 19 heavy (non-hydrogen) atoms. The molecule has 2 rings (SSSR count). The third-order valence-electron chi connectivity index (χ3n) is 2.14. The number of aromatic nitrogens is 5. The summed E-state index contributed by atoms with van der Waals surface area (Å²) < 4.78 is 26.2. The van der Waals surface area contributed by atoms with Crippen molar-refractivity contribution in [2.24, 2.45) is 7.05 Å². The Balaban J connectivity index is 2.19. The molecule has 9 nitrogen and oxygen atoms in total. The standard InChI is InChI=1S/C9H13N7O2S/c1-3-10-8-5-4-7(6-11-8)19(17,18)14-9-12-15-16(2)13-9/h4-6H,3H2,1-2H3,(H,10,11)(H,13,14). The molecule has 0 saturated carbocycles. The summed E-state index contributed by atoms with van der Waals surface area (Å²) in [5.41, 5.74) is 0. The number of anilines is 2. The van der Waals surface area contributed by atoms with Crippen molar-refractivity contribution in [2.45, 2.75) is 11.8 Å². The van der Waals surface area contributed by atoms with E-state index in [1.807, 2.05) is 6.92 Å². The van der Waals surface area contributed by atoms with Gasteiger partial charge in [0.1, 0.15) is 10.7 Å². The van der Waals surface area contributed by atoms with E-state index in [-0.39, 0.29) is 10.8 Å². The predicted octanol–water partition coefficient (Wildman–Crippen LogP) is -0.162. The van der Waals surface area contributed by atoms with Gasteiger partial charge in [0, 0.05) is 12.7 Å². The second-order valence-corrected chi connectivity index (χ2v) is 5.30. The van der Waals surface area contributed by atoms with E-state index in [0.717, 1.165) is 4.80 Å². The molecule has 2 N–H and O–H groups in total. The minimum absolute atomic E-state index is 0.0293. The number of sulfonamides is 1. The van der Waals surface area contributed by atoms with Crippen LogP contribution in [0.3, 0.4) is 0 Å². The van der Waals surface area contributed by atoms with Crippen LogP contribution in [0.25, 0.3) is 0 Å². The van der Waals surface area contributed by atoms with Crippen LogP contribution in [0.15, 0.2) is 23.2 Å². The van der Waals surface area contributed by atoms with E-state index in [4.69, 9.17) is 0 Å². The van der Waals surface area contributed by atoms with Crippen LogP contribution in [-0.4, -0.2) is 40.2 Å². The second kappa shape index (κ2) is 5.18. The molecular formula is C9H13N7O2S. The van der Waals surface area contributed by atoms with E-state index >= 15 is 0 Å². The number of tetrazole rings is 1. The maximum atomic E-state index is 12.0. The molecule has 10 heteroatoms. The van der Waals surface area contributed by atoms with Gasteiger partial charge in [-0.3, -0.25) is 0 Å². The fourth-order valence-electron chi connectivity index (χ4n) is 1.33. The summed E-state index contributed by atoms with van der Waals surface area (Å²) in [5.74, 6) is 0.525. The SMILES string of the molecule is CCNc1ccc(S(=O)(=O)Nc2nnn(C)n2)cn1. The Hall–Kier alpha value is -2.23. The van der Waals surface area contributed by atoms with Gasteiger partial charge >= 0.3 is 0 Å². The zero-order valence-electron chi connectivity index (χ0n) is 10.4. The highest BCUT2D eigenvalue weighted by Crippen LogP contribution is 2.13. The molecule has 0 radical (unpaired) electrons. The Kier molecular flexibility index (Phi) is 3.60. The van der Waals surface area contributed by atoms with Gasteiger partial charge in [-0.15, -0.1) is 5.10 Å². The highest BCUT2D eigenvalue weighted by Gasteiger charge is 2.17. The molecule has 0 aliphatic heterocycles. The third-order valence-corrected chi connectivity index (χ3v) is 3.45. The van der Waals surface area contributed by atoms with Crippen molar-refractivity contribution in [2.75, 3.05) is 16.6 Å². The number of nitrogens with one attached hydrogen (secondary N) is 2. The van der Waals surface area contributed by atoms with Crippen molar-refractivity contribution in [1.29, 1.82) is 0 Å². The van der Waals surface area contributed by atoms with Crippen LogP contribution in [0, 0.1) is 0 Å². The first-order valence-corrected chi connectivity index (χ1v) is 6.96. The molecule has 102 valence electrons. The lowest BCUT2D eigenvalue weighted by atomic mass is 10.4. The van der Waals surface area contributed by atoms with Gasteiger partial charge in [-0.1, -0.05) is 5.10 Å². The number of pyridine rings is 1. The summed E-state index contributed by atoms with van der Waals surface area (Å²) in [5, 5.41) is 13.8. The first-order chi connectivity index (χ1) is 9.01. The van der Waals surface area contributed by atoms with Crippen molar-refractivity contribution in [3.63, 3.8) is 0 Å². The van der Waals surface area contributed by atoms with Crippen molar-refractivity contribution in [1.82, 2.24) is 25.2 Å². The van der Waals surface area contributed by atoms with Crippen molar-refractivity contribution in [3.8, 4) is 0 Å². The Morgan fingerprint density at radius 1 is 1.37 bits per heavy atom. The van der Waals surface area contributed by atoms with Gasteiger partial charge in [-0.05, 0) is 24.3 Å². The Morgan fingerprint density at radius 3 is 2.68 bits per heavy atom.